The zero-order valence-corrected chi connectivity index (χ0v) is 23.3. The van der Waals surface area contributed by atoms with E-state index in [-0.39, 0.29) is 23.3 Å². The molecule has 9 nitrogen and oxygen atoms in total. The number of hydrogen-bond donors (Lipinski definition) is 1. The lowest BCUT2D eigenvalue weighted by molar-refractivity contribution is -0.119. The molecular weight excluding hydrogens is 508 g/mol. The molecule has 0 aliphatic heterocycles. The molecule has 3 aromatic carbocycles. The lowest BCUT2D eigenvalue weighted by atomic mass is 10.2. The summed E-state index contributed by atoms with van der Waals surface area (Å²) in [5.74, 6) is 1.33. The molecule has 1 amide bonds. The highest BCUT2D eigenvalue weighted by Gasteiger charge is 2.28. The highest BCUT2D eigenvalue weighted by molar-refractivity contribution is 7.92. The van der Waals surface area contributed by atoms with E-state index >= 15 is 0 Å². The first-order chi connectivity index (χ1) is 18.1. The number of amides is 1. The SMILES string of the molecule is COc1ccc(S(=O)(=O)N(CC(=O)NCc2ccc(OC(C)C)c(OC)c2)c2ccc(C)cc2)cc1OC. The summed E-state index contributed by atoms with van der Waals surface area (Å²) in [6, 6.07) is 16.6. The van der Waals surface area contributed by atoms with Crippen LogP contribution in [0.3, 0.4) is 0 Å². The molecule has 0 atom stereocenters. The number of carbonyl (C=O) groups excluding carboxylic acids is 1. The molecular formula is C28H34N2O7S. The molecule has 0 aromatic heterocycles. The van der Waals surface area contributed by atoms with Gasteiger partial charge in [-0.25, -0.2) is 8.42 Å². The molecule has 10 heteroatoms. The summed E-state index contributed by atoms with van der Waals surface area (Å²) in [5.41, 5.74) is 2.09. The van der Waals surface area contributed by atoms with Crippen molar-refractivity contribution in [1.29, 1.82) is 0 Å². The molecule has 38 heavy (non-hydrogen) atoms. The van der Waals surface area contributed by atoms with Crippen molar-refractivity contribution < 1.29 is 32.2 Å². The smallest absolute Gasteiger partial charge is 0.264 e. The van der Waals surface area contributed by atoms with Gasteiger partial charge < -0.3 is 24.3 Å². The second-order valence-corrected chi connectivity index (χ2v) is 10.7. The van der Waals surface area contributed by atoms with Gasteiger partial charge in [0.15, 0.2) is 23.0 Å². The van der Waals surface area contributed by atoms with Crippen molar-refractivity contribution in [3.63, 3.8) is 0 Å². The number of anilines is 1. The molecule has 3 aromatic rings. The maximum absolute atomic E-state index is 13.7. The standard InChI is InChI=1S/C28H34N2O7S/c1-19(2)37-25-13-9-21(15-26(25)35-5)17-29-28(31)18-30(22-10-7-20(3)8-11-22)38(32,33)23-12-14-24(34-4)27(16-23)36-6/h7-16,19H,17-18H2,1-6H3,(H,29,31). The molecule has 3 rings (SSSR count). The van der Waals surface area contributed by atoms with Crippen molar-refractivity contribution in [2.75, 3.05) is 32.2 Å². The summed E-state index contributed by atoms with van der Waals surface area (Å²) in [5, 5.41) is 2.80. The van der Waals surface area contributed by atoms with Crippen molar-refractivity contribution in [3.8, 4) is 23.0 Å². The molecule has 0 radical (unpaired) electrons. The van der Waals surface area contributed by atoms with E-state index in [0.717, 1.165) is 15.4 Å². The maximum Gasteiger partial charge on any atom is 0.264 e. The minimum Gasteiger partial charge on any atom is -0.493 e. The van der Waals surface area contributed by atoms with E-state index < -0.39 is 22.5 Å². The molecule has 0 heterocycles. The van der Waals surface area contributed by atoms with Gasteiger partial charge in [0.2, 0.25) is 5.91 Å². The highest BCUT2D eigenvalue weighted by atomic mass is 32.2. The third kappa shape index (κ3) is 6.89. The summed E-state index contributed by atoms with van der Waals surface area (Å²) >= 11 is 0. The first-order valence-electron chi connectivity index (χ1n) is 12.0. The van der Waals surface area contributed by atoms with Crippen LogP contribution in [0.5, 0.6) is 23.0 Å². The van der Waals surface area contributed by atoms with Crippen LogP contribution in [0.25, 0.3) is 0 Å². The van der Waals surface area contributed by atoms with Crippen LogP contribution in [0.1, 0.15) is 25.0 Å². The molecule has 1 N–H and O–H groups in total. The second-order valence-electron chi connectivity index (χ2n) is 8.79. The predicted octanol–water partition coefficient (Wildman–Crippen LogP) is 4.32. The van der Waals surface area contributed by atoms with Gasteiger partial charge in [0.1, 0.15) is 6.54 Å². The van der Waals surface area contributed by atoms with Crippen molar-refractivity contribution in [2.45, 2.75) is 38.3 Å². The summed E-state index contributed by atoms with van der Waals surface area (Å²) in [7, 11) is 0.309. The van der Waals surface area contributed by atoms with Crippen LogP contribution in [0.4, 0.5) is 5.69 Å². The van der Waals surface area contributed by atoms with Gasteiger partial charge in [-0.05, 0) is 62.7 Å². The molecule has 0 aliphatic carbocycles. The molecule has 0 saturated carbocycles. The Balaban J connectivity index is 1.85. The van der Waals surface area contributed by atoms with Gasteiger partial charge >= 0.3 is 0 Å². The van der Waals surface area contributed by atoms with Gasteiger partial charge in [0.05, 0.1) is 38.0 Å². The van der Waals surface area contributed by atoms with Crippen LogP contribution in [0.15, 0.2) is 65.6 Å². The fourth-order valence-electron chi connectivity index (χ4n) is 3.69. The first-order valence-corrected chi connectivity index (χ1v) is 13.4. The normalized spacial score (nSPS) is 11.1. The summed E-state index contributed by atoms with van der Waals surface area (Å²) in [6.45, 7) is 5.49. The summed E-state index contributed by atoms with van der Waals surface area (Å²) in [4.78, 5) is 13.0. The number of rotatable bonds is 12. The highest BCUT2D eigenvalue weighted by Crippen LogP contribution is 2.32. The van der Waals surface area contributed by atoms with Crippen molar-refractivity contribution in [3.05, 3.63) is 71.8 Å². The predicted molar refractivity (Wildman–Crippen MR) is 146 cm³/mol. The zero-order valence-electron chi connectivity index (χ0n) is 22.5. The molecule has 0 saturated heterocycles. The van der Waals surface area contributed by atoms with E-state index in [1.165, 1.54) is 32.4 Å². The Bertz CT molecular complexity index is 1360. The number of hydrogen-bond acceptors (Lipinski definition) is 7. The van der Waals surface area contributed by atoms with Gasteiger partial charge in [-0.2, -0.15) is 0 Å². The van der Waals surface area contributed by atoms with Gasteiger partial charge in [0.25, 0.3) is 10.0 Å². The maximum atomic E-state index is 13.7. The van der Waals surface area contributed by atoms with E-state index in [1.807, 2.05) is 26.8 Å². The van der Waals surface area contributed by atoms with Gasteiger partial charge in [-0.3, -0.25) is 9.10 Å². The number of sulfonamides is 1. The fourth-order valence-corrected chi connectivity index (χ4v) is 5.13. The Morgan fingerprint density at radius 3 is 2.05 bits per heavy atom. The number of aryl methyl sites for hydroxylation is 1. The first kappa shape index (κ1) is 28.6. The van der Waals surface area contributed by atoms with Gasteiger partial charge in [-0.1, -0.05) is 23.8 Å². The third-order valence-electron chi connectivity index (χ3n) is 5.63. The Morgan fingerprint density at radius 2 is 1.45 bits per heavy atom. The van der Waals surface area contributed by atoms with Crippen molar-refractivity contribution in [1.82, 2.24) is 5.32 Å². The minimum absolute atomic E-state index is 0.0187. The molecule has 0 bridgehead atoms. The number of ether oxygens (including phenoxy) is 4. The second kappa shape index (κ2) is 12.6. The van der Waals surface area contributed by atoms with E-state index in [2.05, 4.69) is 5.32 Å². The minimum atomic E-state index is -4.13. The number of methoxy groups -OCH3 is 3. The fraction of sp³-hybridized carbons (Fsp3) is 0.321. The lowest BCUT2D eigenvalue weighted by Crippen LogP contribution is -2.40. The van der Waals surface area contributed by atoms with E-state index in [9.17, 15) is 13.2 Å². The zero-order chi connectivity index (χ0) is 27.9. The van der Waals surface area contributed by atoms with E-state index in [0.29, 0.717) is 22.9 Å². The lowest BCUT2D eigenvalue weighted by Gasteiger charge is -2.24. The Hall–Kier alpha value is -3.92. The number of benzene rings is 3. The molecule has 0 fully saturated rings. The van der Waals surface area contributed by atoms with Crippen LogP contribution in [-0.2, 0) is 21.4 Å². The van der Waals surface area contributed by atoms with Crippen LogP contribution in [0.2, 0.25) is 0 Å². The van der Waals surface area contributed by atoms with Crippen molar-refractivity contribution in [2.24, 2.45) is 0 Å². The van der Waals surface area contributed by atoms with E-state index in [4.69, 9.17) is 18.9 Å². The molecule has 0 spiro atoms. The molecule has 0 unspecified atom stereocenters. The van der Waals surface area contributed by atoms with Crippen molar-refractivity contribution >= 4 is 21.6 Å². The van der Waals surface area contributed by atoms with Crippen LogP contribution < -0.4 is 28.6 Å². The number of nitrogens with one attached hydrogen (secondary N) is 1. The molecule has 0 aliphatic rings. The van der Waals surface area contributed by atoms with Crippen LogP contribution in [0, 0.1) is 6.92 Å². The monoisotopic (exact) mass is 542 g/mol. The number of nitrogens with zero attached hydrogens (tertiary/aromatic N) is 1. The summed E-state index contributed by atoms with van der Waals surface area (Å²) < 4.78 is 50.2. The topological polar surface area (TPSA) is 103 Å². The Labute approximate surface area is 224 Å². The quantitative estimate of drug-likeness (QED) is 0.364. The number of carbonyl (C=O) groups is 1. The largest absolute Gasteiger partial charge is 0.493 e. The van der Waals surface area contributed by atoms with E-state index in [1.54, 1.807) is 43.5 Å². The average molecular weight is 543 g/mol. The van der Waals surface area contributed by atoms with Crippen LogP contribution >= 0.6 is 0 Å². The van der Waals surface area contributed by atoms with Crippen LogP contribution in [-0.4, -0.2) is 48.3 Å². The Morgan fingerprint density at radius 1 is 0.842 bits per heavy atom. The third-order valence-corrected chi connectivity index (χ3v) is 7.40. The van der Waals surface area contributed by atoms with Gasteiger partial charge in [-0.15, -0.1) is 0 Å². The average Bonchev–Trinajstić information content (AvgIpc) is 2.90. The van der Waals surface area contributed by atoms with Gasteiger partial charge in [0, 0.05) is 12.6 Å². The molecule has 204 valence electrons. The Kier molecular flexibility index (Phi) is 9.46. The summed E-state index contributed by atoms with van der Waals surface area (Å²) in [6.07, 6.45) is -0.0187.